The first-order valence-corrected chi connectivity index (χ1v) is 2.90. The highest BCUT2D eigenvalue weighted by molar-refractivity contribution is 5.93. The average Bonchev–Trinajstić information content (AvgIpc) is 1.95. The molecule has 0 aromatic carbocycles. The third-order valence-corrected chi connectivity index (χ3v) is 1.20. The number of carbonyl (C=O) groups excluding carboxylic acids is 1. The summed E-state index contributed by atoms with van der Waals surface area (Å²) in [6, 6.07) is 0. The number of aliphatic hydroxyl groups is 2. The number of ketones is 1. The summed E-state index contributed by atoms with van der Waals surface area (Å²) in [5, 5.41) is 17.2. The van der Waals surface area contributed by atoms with Gasteiger partial charge in [-0.2, -0.15) is 0 Å². The molecule has 2 N–H and O–H groups in total. The van der Waals surface area contributed by atoms with Crippen LogP contribution in [-0.2, 0) is 9.53 Å². The average molecular weight is 144 g/mol. The van der Waals surface area contributed by atoms with Crippen molar-refractivity contribution in [3.8, 4) is 0 Å². The normalized spacial score (nSPS) is 32.8. The Morgan fingerprint density at radius 2 is 2.40 bits per heavy atom. The fraction of sp³-hybridized carbons (Fsp3) is 0.500. The van der Waals surface area contributed by atoms with Crippen LogP contribution in [0.25, 0.3) is 0 Å². The van der Waals surface area contributed by atoms with E-state index < -0.39 is 18.2 Å². The summed E-state index contributed by atoms with van der Waals surface area (Å²) < 4.78 is 4.62. The number of rotatable bonds is 1. The zero-order chi connectivity index (χ0) is 7.56. The van der Waals surface area contributed by atoms with Crippen molar-refractivity contribution in [2.75, 3.05) is 6.61 Å². The van der Waals surface area contributed by atoms with Crippen molar-refractivity contribution in [3.63, 3.8) is 0 Å². The minimum atomic E-state index is -1.40. The van der Waals surface area contributed by atoms with Gasteiger partial charge in [-0.05, 0) is 12.2 Å². The Kier molecular flexibility index (Phi) is 2.16. The van der Waals surface area contributed by atoms with Crippen molar-refractivity contribution in [2.24, 2.45) is 0 Å². The van der Waals surface area contributed by atoms with Crippen LogP contribution in [0.5, 0.6) is 0 Å². The molecular weight excluding hydrogens is 136 g/mol. The molecule has 0 spiro atoms. The van der Waals surface area contributed by atoms with Crippen molar-refractivity contribution >= 4 is 5.78 Å². The molecule has 1 rings (SSSR count). The molecule has 0 aromatic heterocycles. The third-order valence-electron chi connectivity index (χ3n) is 1.20. The maximum Gasteiger partial charge on any atom is 0.220 e. The summed E-state index contributed by atoms with van der Waals surface area (Å²) in [5.74, 6) is -0.482. The van der Waals surface area contributed by atoms with Gasteiger partial charge in [0, 0.05) is 0 Å². The predicted octanol–water partition coefficient (Wildman–Crippen LogP) is -1.18. The first-order valence-electron chi connectivity index (χ1n) is 2.90. The maximum atomic E-state index is 10.5. The Bertz CT molecular complexity index is 163. The largest absolute Gasteiger partial charge is 0.393 e. The lowest BCUT2D eigenvalue weighted by Gasteiger charge is -2.18. The summed E-state index contributed by atoms with van der Waals surface area (Å²) in [7, 11) is 0. The fourth-order valence-electron chi connectivity index (χ4n) is 0.666. The highest BCUT2D eigenvalue weighted by Gasteiger charge is 2.21. The summed E-state index contributed by atoms with van der Waals surface area (Å²) in [4.78, 5) is 10.5. The minimum Gasteiger partial charge on any atom is -0.393 e. The lowest BCUT2D eigenvalue weighted by Crippen LogP contribution is -2.33. The van der Waals surface area contributed by atoms with Crippen LogP contribution in [0, 0.1) is 0 Å². The Hall–Kier alpha value is -0.710. The molecule has 10 heavy (non-hydrogen) atoms. The van der Waals surface area contributed by atoms with Gasteiger partial charge >= 0.3 is 0 Å². The van der Waals surface area contributed by atoms with E-state index in [9.17, 15) is 4.79 Å². The van der Waals surface area contributed by atoms with E-state index in [4.69, 9.17) is 10.2 Å². The first-order chi connectivity index (χ1) is 4.74. The number of hydrogen-bond acceptors (Lipinski definition) is 4. The standard InChI is InChI=1S/C6H8O4/c7-3-4-1-2-5(8)6(9)10-4/h1-2,4,6-7,9H,3H2. The Morgan fingerprint density at radius 1 is 1.70 bits per heavy atom. The van der Waals surface area contributed by atoms with Gasteiger partial charge in [-0.15, -0.1) is 0 Å². The Labute approximate surface area is 57.7 Å². The van der Waals surface area contributed by atoms with E-state index in [1.807, 2.05) is 0 Å². The molecule has 0 amide bonds. The van der Waals surface area contributed by atoms with Crippen molar-refractivity contribution in [3.05, 3.63) is 12.2 Å². The van der Waals surface area contributed by atoms with Crippen LogP contribution >= 0.6 is 0 Å². The van der Waals surface area contributed by atoms with E-state index in [2.05, 4.69) is 4.74 Å². The molecule has 0 aromatic rings. The minimum absolute atomic E-state index is 0.221. The van der Waals surface area contributed by atoms with E-state index in [1.165, 1.54) is 12.2 Å². The topological polar surface area (TPSA) is 66.8 Å². The molecule has 4 heteroatoms. The van der Waals surface area contributed by atoms with Gasteiger partial charge in [-0.1, -0.05) is 0 Å². The van der Waals surface area contributed by atoms with Crippen molar-refractivity contribution in [1.82, 2.24) is 0 Å². The van der Waals surface area contributed by atoms with E-state index in [0.29, 0.717) is 0 Å². The molecule has 0 saturated carbocycles. The number of aliphatic hydroxyl groups excluding tert-OH is 2. The number of carbonyl (C=O) groups is 1. The predicted molar refractivity (Wildman–Crippen MR) is 32.1 cm³/mol. The first kappa shape index (κ1) is 7.40. The third kappa shape index (κ3) is 1.41. The molecule has 1 heterocycles. The van der Waals surface area contributed by atoms with Gasteiger partial charge < -0.3 is 14.9 Å². The maximum absolute atomic E-state index is 10.5. The molecule has 0 radical (unpaired) electrons. The van der Waals surface area contributed by atoms with Crippen LogP contribution < -0.4 is 0 Å². The van der Waals surface area contributed by atoms with Gasteiger partial charge in [0.05, 0.1) is 6.61 Å². The Balaban J connectivity index is 2.59. The SMILES string of the molecule is O=C1C=CC(CO)OC1O. The highest BCUT2D eigenvalue weighted by Crippen LogP contribution is 2.05. The molecule has 1 aliphatic rings. The summed E-state index contributed by atoms with van der Waals surface area (Å²) in [6.07, 6.45) is 0.666. The lowest BCUT2D eigenvalue weighted by molar-refractivity contribution is -0.164. The number of ether oxygens (including phenoxy) is 1. The second-order valence-corrected chi connectivity index (χ2v) is 1.97. The van der Waals surface area contributed by atoms with Crippen molar-refractivity contribution in [1.29, 1.82) is 0 Å². The monoisotopic (exact) mass is 144 g/mol. The van der Waals surface area contributed by atoms with Crippen molar-refractivity contribution in [2.45, 2.75) is 12.4 Å². The zero-order valence-corrected chi connectivity index (χ0v) is 5.23. The second-order valence-electron chi connectivity index (χ2n) is 1.97. The lowest BCUT2D eigenvalue weighted by atomic mass is 10.2. The molecule has 4 nitrogen and oxygen atoms in total. The molecule has 1 aliphatic heterocycles. The quantitative estimate of drug-likeness (QED) is 0.486. The van der Waals surface area contributed by atoms with E-state index >= 15 is 0 Å². The van der Waals surface area contributed by atoms with E-state index in [0.717, 1.165) is 0 Å². The van der Waals surface area contributed by atoms with Gasteiger partial charge in [0.1, 0.15) is 6.10 Å². The molecule has 0 saturated heterocycles. The summed E-state index contributed by atoms with van der Waals surface area (Å²) in [6.45, 7) is -0.221. The molecule has 2 unspecified atom stereocenters. The highest BCUT2D eigenvalue weighted by atomic mass is 16.6. The smallest absolute Gasteiger partial charge is 0.220 e. The summed E-state index contributed by atoms with van der Waals surface area (Å²) >= 11 is 0. The van der Waals surface area contributed by atoms with Crippen LogP contribution in [0.2, 0.25) is 0 Å². The van der Waals surface area contributed by atoms with Crippen LogP contribution in [0.3, 0.4) is 0 Å². The van der Waals surface area contributed by atoms with Crippen LogP contribution in [0.1, 0.15) is 0 Å². The van der Waals surface area contributed by atoms with Gasteiger partial charge in [-0.25, -0.2) is 0 Å². The van der Waals surface area contributed by atoms with Crippen molar-refractivity contribution < 1.29 is 19.7 Å². The Morgan fingerprint density at radius 3 is 2.90 bits per heavy atom. The van der Waals surface area contributed by atoms with Gasteiger partial charge in [0.25, 0.3) is 0 Å². The number of hydrogen-bond donors (Lipinski definition) is 2. The zero-order valence-electron chi connectivity index (χ0n) is 5.23. The molecule has 2 atom stereocenters. The fourth-order valence-corrected chi connectivity index (χ4v) is 0.666. The molecule has 0 aliphatic carbocycles. The van der Waals surface area contributed by atoms with Crippen LogP contribution in [0.15, 0.2) is 12.2 Å². The molecular formula is C6H8O4. The van der Waals surface area contributed by atoms with Crippen LogP contribution in [0.4, 0.5) is 0 Å². The molecule has 0 fully saturated rings. The van der Waals surface area contributed by atoms with Gasteiger partial charge in [0.15, 0.2) is 0 Å². The van der Waals surface area contributed by atoms with Crippen LogP contribution in [-0.4, -0.2) is 35.0 Å². The molecule has 0 bridgehead atoms. The van der Waals surface area contributed by atoms with Gasteiger partial charge in [0.2, 0.25) is 12.1 Å². The van der Waals surface area contributed by atoms with Gasteiger partial charge in [-0.3, -0.25) is 4.79 Å². The summed E-state index contributed by atoms with van der Waals surface area (Å²) in [5.41, 5.74) is 0. The second kappa shape index (κ2) is 2.92. The van der Waals surface area contributed by atoms with E-state index in [-0.39, 0.29) is 6.61 Å². The molecule has 56 valence electrons. The van der Waals surface area contributed by atoms with E-state index in [1.54, 1.807) is 0 Å².